The first-order valence-corrected chi connectivity index (χ1v) is 6.49. The third-order valence-corrected chi connectivity index (χ3v) is 3.72. The van der Waals surface area contributed by atoms with Crippen LogP contribution >= 0.6 is 0 Å². The molecule has 0 aliphatic carbocycles. The van der Waals surface area contributed by atoms with Crippen LogP contribution in [0.4, 0.5) is 5.69 Å². The number of nitriles is 1. The van der Waals surface area contributed by atoms with Crippen LogP contribution in [0, 0.1) is 21.4 Å². The van der Waals surface area contributed by atoms with Gasteiger partial charge in [0.15, 0.2) is 0 Å². The molecule has 0 aliphatic heterocycles. The summed E-state index contributed by atoms with van der Waals surface area (Å²) in [6.45, 7) is 1.56. The zero-order chi connectivity index (χ0) is 13.8. The van der Waals surface area contributed by atoms with Crippen molar-refractivity contribution in [3.8, 4) is 6.07 Å². The van der Waals surface area contributed by atoms with Crippen LogP contribution in [0.1, 0.15) is 13.3 Å². The second-order valence-corrected chi connectivity index (χ2v) is 5.35. The van der Waals surface area contributed by atoms with Gasteiger partial charge in [-0.1, -0.05) is 0 Å². The largest absolute Gasteiger partial charge is 0.269 e. The Kier molecular flexibility index (Phi) is 4.36. The Bertz CT molecular complexity index is 574. The number of hydrogen-bond donors (Lipinski definition) is 1. The molecule has 0 spiro atoms. The van der Waals surface area contributed by atoms with Crippen LogP contribution in [-0.4, -0.2) is 19.4 Å². The zero-order valence-electron chi connectivity index (χ0n) is 9.53. The lowest BCUT2D eigenvalue weighted by Crippen LogP contribution is -2.32. The number of nitro groups is 1. The van der Waals surface area contributed by atoms with Crippen molar-refractivity contribution in [3.05, 3.63) is 34.4 Å². The molecule has 0 fully saturated rings. The van der Waals surface area contributed by atoms with Crippen molar-refractivity contribution in [3.63, 3.8) is 0 Å². The van der Waals surface area contributed by atoms with Gasteiger partial charge in [0.1, 0.15) is 0 Å². The first kappa shape index (κ1) is 14.1. The normalized spacial score (nSPS) is 12.7. The summed E-state index contributed by atoms with van der Waals surface area (Å²) in [5.74, 6) is 0. The average Bonchev–Trinajstić information content (AvgIpc) is 2.28. The van der Waals surface area contributed by atoms with Gasteiger partial charge in [0.25, 0.3) is 5.69 Å². The number of nitrogens with zero attached hydrogens (tertiary/aromatic N) is 2. The molecule has 96 valence electrons. The van der Waals surface area contributed by atoms with Crippen molar-refractivity contribution >= 4 is 15.7 Å². The summed E-state index contributed by atoms with van der Waals surface area (Å²) in [7, 11) is -3.75. The second kappa shape index (κ2) is 5.57. The van der Waals surface area contributed by atoms with E-state index in [1.54, 1.807) is 6.92 Å². The third kappa shape index (κ3) is 3.51. The fourth-order valence-electron chi connectivity index (χ4n) is 1.26. The van der Waals surface area contributed by atoms with E-state index in [-0.39, 0.29) is 17.0 Å². The summed E-state index contributed by atoms with van der Waals surface area (Å²) in [4.78, 5) is 9.75. The fraction of sp³-hybridized carbons (Fsp3) is 0.300. The number of hydrogen-bond acceptors (Lipinski definition) is 5. The lowest BCUT2D eigenvalue weighted by atomic mass is 10.3. The Hall–Kier alpha value is -1.98. The molecule has 0 amide bonds. The molecule has 1 N–H and O–H groups in total. The zero-order valence-corrected chi connectivity index (χ0v) is 10.3. The lowest BCUT2D eigenvalue weighted by molar-refractivity contribution is -0.384. The molecule has 0 radical (unpaired) electrons. The van der Waals surface area contributed by atoms with Gasteiger partial charge in [-0.05, 0) is 19.1 Å². The maximum absolute atomic E-state index is 11.8. The standard InChI is InChI=1S/C10H11N3O4S/c1-8(6-7-11)12-18(16,17)10-4-2-9(3-5-10)13(14)15/h2-5,8,12H,6H2,1H3/t8-/m0/s1. The highest BCUT2D eigenvalue weighted by molar-refractivity contribution is 7.89. The van der Waals surface area contributed by atoms with E-state index in [4.69, 9.17) is 5.26 Å². The molecule has 8 heteroatoms. The van der Waals surface area contributed by atoms with Crippen LogP contribution in [0.3, 0.4) is 0 Å². The highest BCUT2D eigenvalue weighted by Gasteiger charge is 2.18. The Labute approximate surface area is 104 Å². The molecule has 7 nitrogen and oxygen atoms in total. The Balaban J connectivity index is 2.92. The molecule has 1 rings (SSSR count). The van der Waals surface area contributed by atoms with Crippen molar-refractivity contribution in [1.82, 2.24) is 4.72 Å². The van der Waals surface area contributed by atoms with Crippen molar-refractivity contribution < 1.29 is 13.3 Å². The molecular formula is C10H11N3O4S. The highest BCUT2D eigenvalue weighted by Crippen LogP contribution is 2.16. The quantitative estimate of drug-likeness (QED) is 0.636. The molecule has 1 atom stereocenters. The molecule has 0 bridgehead atoms. The topological polar surface area (TPSA) is 113 Å². The number of nitrogens with one attached hydrogen (secondary N) is 1. The van der Waals surface area contributed by atoms with Crippen molar-refractivity contribution in [2.75, 3.05) is 0 Å². The third-order valence-electron chi connectivity index (χ3n) is 2.11. The second-order valence-electron chi connectivity index (χ2n) is 3.64. The van der Waals surface area contributed by atoms with Gasteiger partial charge in [-0.2, -0.15) is 5.26 Å². The molecule has 0 heterocycles. The van der Waals surface area contributed by atoms with Crippen LogP contribution in [0.5, 0.6) is 0 Å². The number of nitro benzene ring substituents is 1. The molecule has 0 saturated carbocycles. The van der Waals surface area contributed by atoms with E-state index in [0.29, 0.717) is 0 Å². The van der Waals surface area contributed by atoms with E-state index in [2.05, 4.69) is 4.72 Å². The smallest absolute Gasteiger partial charge is 0.258 e. The molecule has 0 aliphatic rings. The number of benzene rings is 1. The highest BCUT2D eigenvalue weighted by atomic mass is 32.2. The van der Waals surface area contributed by atoms with Crippen molar-refractivity contribution in [2.45, 2.75) is 24.3 Å². The lowest BCUT2D eigenvalue weighted by Gasteiger charge is -2.10. The Morgan fingerprint density at radius 1 is 1.44 bits per heavy atom. The molecule has 1 aromatic carbocycles. The summed E-state index contributed by atoms with van der Waals surface area (Å²) < 4.78 is 25.9. The van der Waals surface area contributed by atoms with Crippen molar-refractivity contribution in [2.24, 2.45) is 0 Å². The number of rotatable bonds is 5. The van der Waals surface area contributed by atoms with Gasteiger partial charge < -0.3 is 0 Å². The number of non-ortho nitro benzene ring substituents is 1. The van der Waals surface area contributed by atoms with E-state index in [0.717, 1.165) is 24.3 Å². The average molecular weight is 269 g/mol. The van der Waals surface area contributed by atoms with Gasteiger partial charge in [-0.15, -0.1) is 0 Å². The van der Waals surface area contributed by atoms with Crippen molar-refractivity contribution in [1.29, 1.82) is 5.26 Å². The maximum atomic E-state index is 11.8. The maximum Gasteiger partial charge on any atom is 0.269 e. The van der Waals surface area contributed by atoms with Crippen LogP contribution in [0.25, 0.3) is 0 Å². The first-order valence-electron chi connectivity index (χ1n) is 5.00. The molecule has 0 aromatic heterocycles. The molecular weight excluding hydrogens is 258 g/mol. The predicted molar refractivity (Wildman–Crippen MR) is 63.1 cm³/mol. The van der Waals surface area contributed by atoms with Gasteiger partial charge >= 0.3 is 0 Å². The SMILES string of the molecule is C[C@@H](CC#N)NS(=O)(=O)c1ccc([N+](=O)[O-])cc1. The minimum Gasteiger partial charge on any atom is -0.258 e. The minimum absolute atomic E-state index is 0.0478. The van der Waals surface area contributed by atoms with E-state index in [1.807, 2.05) is 6.07 Å². The summed E-state index contributed by atoms with van der Waals surface area (Å²) in [5.41, 5.74) is -0.181. The van der Waals surface area contributed by atoms with Crippen LogP contribution in [0.15, 0.2) is 29.2 Å². The summed E-state index contributed by atoms with van der Waals surface area (Å²) in [6.07, 6.45) is 0.0478. The minimum atomic E-state index is -3.75. The van der Waals surface area contributed by atoms with Gasteiger partial charge in [-0.3, -0.25) is 10.1 Å². The van der Waals surface area contributed by atoms with Gasteiger partial charge in [0.05, 0.1) is 22.3 Å². The Morgan fingerprint density at radius 2 is 2.00 bits per heavy atom. The predicted octanol–water partition coefficient (Wildman–Crippen LogP) is 1.18. The first-order chi connectivity index (χ1) is 8.36. The molecule has 0 unspecified atom stereocenters. The van der Waals surface area contributed by atoms with Gasteiger partial charge in [-0.25, -0.2) is 13.1 Å². The van der Waals surface area contributed by atoms with E-state index in [9.17, 15) is 18.5 Å². The van der Waals surface area contributed by atoms with Gasteiger partial charge in [0, 0.05) is 18.2 Å². The monoisotopic (exact) mass is 269 g/mol. The number of sulfonamides is 1. The summed E-state index contributed by atoms with van der Waals surface area (Å²) in [5, 5.41) is 18.9. The summed E-state index contributed by atoms with van der Waals surface area (Å²) >= 11 is 0. The molecule has 18 heavy (non-hydrogen) atoms. The fourth-order valence-corrected chi connectivity index (χ4v) is 2.50. The van der Waals surface area contributed by atoms with Crippen LogP contribution < -0.4 is 4.72 Å². The van der Waals surface area contributed by atoms with Crippen LogP contribution in [-0.2, 0) is 10.0 Å². The van der Waals surface area contributed by atoms with E-state index < -0.39 is 21.0 Å². The molecule has 0 saturated heterocycles. The molecule has 1 aromatic rings. The van der Waals surface area contributed by atoms with Gasteiger partial charge in [0.2, 0.25) is 10.0 Å². The Morgan fingerprint density at radius 3 is 2.44 bits per heavy atom. The van der Waals surface area contributed by atoms with Crippen LogP contribution in [0.2, 0.25) is 0 Å². The van der Waals surface area contributed by atoms with E-state index >= 15 is 0 Å². The van der Waals surface area contributed by atoms with E-state index in [1.165, 1.54) is 0 Å². The summed E-state index contributed by atoms with van der Waals surface area (Å²) in [6, 6.07) is 5.86.